The molecule has 0 spiro atoms. The summed E-state index contributed by atoms with van der Waals surface area (Å²) in [6.07, 6.45) is 4.50. The van der Waals surface area contributed by atoms with Crippen molar-refractivity contribution in [3.63, 3.8) is 0 Å². The summed E-state index contributed by atoms with van der Waals surface area (Å²) in [6, 6.07) is 0. The third kappa shape index (κ3) is 2.81. The number of rotatable bonds is 4. The lowest BCUT2D eigenvalue weighted by Crippen LogP contribution is -2.28. The van der Waals surface area contributed by atoms with E-state index in [1.165, 1.54) is 17.3 Å². The predicted octanol–water partition coefficient (Wildman–Crippen LogP) is 1.47. The quantitative estimate of drug-likeness (QED) is 0.852. The van der Waals surface area contributed by atoms with Gasteiger partial charge < -0.3 is 14.9 Å². The fourth-order valence-electron chi connectivity index (χ4n) is 1.96. The fraction of sp³-hybridized carbons (Fsp3) is 0.571. The lowest BCUT2D eigenvalue weighted by atomic mass is 9.97. The van der Waals surface area contributed by atoms with Crippen LogP contribution in [0.25, 0.3) is 0 Å². The molecule has 8 nitrogen and oxygen atoms in total. The zero-order valence-corrected chi connectivity index (χ0v) is 12.9. The molecular weight excluding hydrogens is 286 g/mol. The summed E-state index contributed by atoms with van der Waals surface area (Å²) in [7, 11) is 0. The van der Waals surface area contributed by atoms with Gasteiger partial charge in [-0.2, -0.15) is 9.90 Å². The van der Waals surface area contributed by atoms with Gasteiger partial charge in [0.25, 0.3) is 0 Å². The molecule has 0 saturated heterocycles. The first-order valence-corrected chi connectivity index (χ1v) is 7.12. The molecule has 1 aliphatic carbocycles. The number of aromatic nitrogens is 4. The molecule has 8 heteroatoms. The van der Waals surface area contributed by atoms with Crippen molar-refractivity contribution in [1.82, 2.24) is 20.0 Å². The molecule has 1 fully saturated rings. The number of nitrogens with two attached hydrogens (primary N) is 1. The number of esters is 1. The van der Waals surface area contributed by atoms with Crippen molar-refractivity contribution in [3.05, 3.63) is 24.0 Å². The first-order chi connectivity index (χ1) is 10.3. The number of hydrogen-bond donors (Lipinski definition) is 1. The van der Waals surface area contributed by atoms with Crippen molar-refractivity contribution in [2.24, 2.45) is 5.41 Å². The second-order valence-corrected chi connectivity index (χ2v) is 6.56. The molecule has 118 valence electrons. The van der Waals surface area contributed by atoms with Gasteiger partial charge in [-0.25, -0.2) is 4.98 Å². The normalized spacial score (nSPS) is 16.5. The highest BCUT2D eigenvalue weighted by Crippen LogP contribution is 2.49. The zero-order valence-electron chi connectivity index (χ0n) is 12.9. The van der Waals surface area contributed by atoms with Crippen molar-refractivity contribution in [2.75, 3.05) is 5.73 Å². The molecule has 22 heavy (non-hydrogen) atoms. The minimum atomic E-state index is -0.636. The van der Waals surface area contributed by atoms with Crippen LogP contribution in [-0.4, -0.2) is 25.9 Å². The van der Waals surface area contributed by atoms with Crippen molar-refractivity contribution in [2.45, 2.75) is 45.8 Å². The van der Waals surface area contributed by atoms with Gasteiger partial charge in [0.05, 0.1) is 11.6 Å². The highest BCUT2D eigenvalue weighted by molar-refractivity contribution is 5.76. The molecule has 3 rings (SSSR count). The van der Waals surface area contributed by atoms with Gasteiger partial charge in [0, 0.05) is 0 Å². The molecule has 0 unspecified atom stereocenters. The number of nitrogen functional groups attached to an aromatic ring is 1. The number of nitrogens with zero attached hydrogens (tertiary/aromatic N) is 4. The van der Waals surface area contributed by atoms with Crippen LogP contribution < -0.4 is 5.73 Å². The van der Waals surface area contributed by atoms with E-state index in [0.29, 0.717) is 17.4 Å². The van der Waals surface area contributed by atoms with Crippen LogP contribution in [0.4, 0.5) is 5.82 Å². The molecule has 1 aliphatic rings. The maximum Gasteiger partial charge on any atom is 0.312 e. The summed E-state index contributed by atoms with van der Waals surface area (Å²) >= 11 is 0. The van der Waals surface area contributed by atoms with Crippen molar-refractivity contribution in [3.8, 4) is 0 Å². The Morgan fingerprint density at radius 1 is 1.50 bits per heavy atom. The number of oxazole rings is 1. The van der Waals surface area contributed by atoms with Gasteiger partial charge >= 0.3 is 5.97 Å². The van der Waals surface area contributed by atoms with Crippen molar-refractivity contribution in [1.29, 1.82) is 0 Å². The Morgan fingerprint density at radius 3 is 2.77 bits per heavy atom. The molecule has 0 amide bonds. The Bertz CT molecular complexity index is 693. The summed E-state index contributed by atoms with van der Waals surface area (Å²) in [6.45, 7) is 5.76. The summed E-state index contributed by atoms with van der Waals surface area (Å²) in [5, 5.41) is 7.95. The SMILES string of the molecule is CC(C)(C)C(=O)OC1(c2coc(Cn3ncc(N)n3)n2)CC1. The Kier molecular flexibility index (Phi) is 3.19. The van der Waals surface area contributed by atoms with E-state index < -0.39 is 11.0 Å². The van der Waals surface area contributed by atoms with Crippen LogP contribution in [0.2, 0.25) is 0 Å². The first kappa shape index (κ1) is 14.6. The smallest absolute Gasteiger partial charge is 0.312 e. The molecule has 1 saturated carbocycles. The van der Waals surface area contributed by atoms with E-state index in [4.69, 9.17) is 14.9 Å². The Hall–Kier alpha value is -2.38. The zero-order chi connectivity index (χ0) is 16.0. The fourth-order valence-corrected chi connectivity index (χ4v) is 1.96. The largest absolute Gasteiger partial charge is 0.452 e. The second kappa shape index (κ2) is 4.82. The number of anilines is 1. The number of hydrogen-bond acceptors (Lipinski definition) is 7. The molecule has 2 heterocycles. The van der Waals surface area contributed by atoms with Gasteiger partial charge in [-0.15, -0.1) is 5.10 Å². The predicted molar refractivity (Wildman–Crippen MR) is 76.5 cm³/mol. The van der Waals surface area contributed by atoms with E-state index in [1.807, 2.05) is 20.8 Å². The summed E-state index contributed by atoms with van der Waals surface area (Å²) in [4.78, 5) is 17.9. The molecule has 2 N–H and O–H groups in total. The monoisotopic (exact) mass is 305 g/mol. The van der Waals surface area contributed by atoms with Crippen LogP contribution in [0.5, 0.6) is 0 Å². The van der Waals surface area contributed by atoms with E-state index in [1.54, 1.807) is 0 Å². The third-order valence-electron chi connectivity index (χ3n) is 3.45. The van der Waals surface area contributed by atoms with Gasteiger partial charge in [-0.05, 0) is 33.6 Å². The van der Waals surface area contributed by atoms with Crippen molar-refractivity contribution >= 4 is 11.8 Å². The summed E-state index contributed by atoms with van der Waals surface area (Å²) in [5.74, 6) is 0.546. The number of ether oxygens (including phenoxy) is 1. The Balaban J connectivity index is 1.72. The topological polar surface area (TPSA) is 109 Å². The van der Waals surface area contributed by atoms with Gasteiger partial charge in [-0.3, -0.25) is 4.79 Å². The molecule has 0 aromatic carbocycles. The van der Waals surface area contributed by atoms with E-state index in [-0.39, 0.29) is 12.5 Å². The van der Waals surface area contributed by atoms with Crippen molar-refractivity contribution < 1.29 is 13.9 Å². The number of carbonyl (C=O) groups excluding carboxylic acids is 1. The molecular formula is C14H19N5O3. The lowest BCUT2D eigenvalue weighted by molar-refractivity contribution is -0.161. The number of carbonyl (C=O) groups is 1. The highest BCUT2D eigenvalue weighted by atomic mass is 16.6. The van der Waals surface area contributed by atoms with Crippen LogP contribution in [0.1, 0.15) is 45.2 Å². The lowest BCUT2D eigenvalue weighted by Gasteiger charge is -2.21. The Morgan fingerprint density at radius 2 is 2.23 bits per heavy atom. The van der Waals surface area contributed by atoms with Gasteiger partial charge in [0.1, 0.15) is 18.5 Å². The standard InChI is InChI=1S/C14H19N5O3/c1-13(2,3)12(20)22-14(4-5-14)9-8-21-11(17-9)7-19-16-6-10(15)18-19/h6,8H,4-5,7H2,1-3H3,(H2,15,18). The van der Waals surface area contributed by atoms with Crippen LogP contribution in [0.3, 0.4) is 0 Å². The minimum Gasteiger partial charge on any atom is -0.452 e. The van der Waals surface area contributed by atoms with E-state index in [9.17, 15) is 4.79 Å². The average molecular weight is 305 g/mol. The molecule has 0 radical (unpaired) electrons. The van der Waals surface area contributed by atoms with Gasteiger partial charge in [-0.1, -0.05) is 0 Å². The third-order valence-corrected chi connectivity index (χ3v) is 3.45. The summed E-state index contributed by atoms with van der Waals surface area (Å²) in [5.41, 5.74) is 4.97. The highest BCUT2D eigenvalue weighted by Gasteiger charge is 2.52. The van der Waals surface area contributed by atoms with Crippen LogP contribution in [0.15, 0.2) is 16.9 Å². The van der Waals surface area contributed by atoms with Crippen LogP contribution in [-0.2, 0) is 21.7 Å². The van der Waals surface area contributed by atoms with Gasteiger partial charge in [0.15, 0.2) is 11.4 Å². The minimum absolute atomic E-state index is 0.240. The molecule has 2 aromatic rings. The Labute approximate surface area is 127 Å². The average Bonchev–Trinajstić information content (AvgIpc) is 2.85. The van der Waals surface area contributed by atoms with Gasteiger partial charge in [0.2, 0.25) is 5.89 Å². The first-order valence-electron chi connectivity index (χ1n) is 7.12. The van der Waals surface area contributed by atoms with E-state index in [2.05, 4.69) is 15.2 Å². The molecule has 0 aliphatic heterocycles. The van der Waals surface area contributed by atoms with E-state index >= 15 is 0 Å². The second-order valence-electron chi connectivity index (χ2n) is 6.56. The maximum absolute atomic E-state index is 12.1. The molecule has 0 atom stereocenters. The maximum atomic E-state index is 12.1. The van der Waals surface area contributed by atoms with E-state index in [0.717, 1.165) is 12.8 Å². The summed E-state index contributed by atoms with van der Waals surface area (Å²) < 4.78 is 11.1. The van der Waals surface area contributed by atoms with Crippen LogP contribution >= 0.6 is 0 Å². The molecule has 0 bridgehead atoms. The molecule has 2 aromatic heterocycles. The van der Waals surface area contributed by atoms with Crippen LogP contribution in [0, 0.1) is 5.41 Å².